The Morgan fingerprint density at radius 1 is 1.27 bits per heavy atom. The molecule has 22 heavy (non-hydrogen) atoms. The molecule has 2 aliphatic heterocycles. The van der Waals surface area contributed by atoms with E-state index in [0.29, 0.717) is 12.4 Å². The van der Waals surface area contributed by atoms with Crippen molar-refractivity contribution >= 4 is 10.0 Å². The molecular formula is C14H23N5O2S. The van der Waals surface area contributed by atoms with Gasteiger partial charge in [0.2, 0.25) is 10.0 Å². The topological polar surface area (TPSA) is 87.2 Å². The third-order valence-electron chi connectivity index (χ3n) is 4.54. The molecule has 2 fully saturated rings. The molecule has 3 unspecified atom stereocenters. The summed E-state index contributed by atoms with van der Waals surface area (Å²) in [6.07, 6.45) is 3.38. The van der Waals surface area contributed by atoms with Crippen LogP contribution in [0.3, 0.4) is 0 Å². The van der Waals surface area contributed by atoms with Gasteiger partial charge in [-0.1, -0.05) is 0 Å². The van der Waals surface area contributed by atoms with Crippen LogP contribution in [0.1, 0.15) is 44.2 Å². The lowest BCUT2D eigenvalue weighted by atomic mass is 10.1. The van der Waals surface area contributed by atoms with Crippen LogP contribution in [0.5, 0.6) is 0 Å². The maximum atomic E-state index is 13.1. The second-order valence-electron chi connectivity index (χ2n) is 6.17. The summed E-state index contributed by atoms with van der Waals surface area (Å²) in [7, 11) is -3.40. The van der Waals surface area contributed by atoms with Gasteiger partial charge in [-0.2, -0.15) is 4.31 Å². The summed E-state index contributed by atoms with van der Waals surface area (Å²) in [4.78, 5) is 8.54. The summed E-state index contributed by atoms with van der Waals surface area (Å²) in [6.45, 7) is 6.19. The minimum atomic E-state index is -3.40. The molecule has 0 radical (unpaired) electrons. The molecule has 2 aliphatic rings. The van der Waals surface area contributed by atoms with E-state index in [4.69, 9.17) is 0 Å². The lowest BCUT2D eigenvalue weighted by Gasteiger charge is -2.29. The van der Waals surface area contributed by atoms with Crippen LogP contribution in [0.25, 0.3) is 0 Å². The molecular weight excluding hydrogens is 302 g/mol. The van der Waals surface area contributed by atoms with Crippen LogP contribution in [0.2, 0.25) is 0 Å². The Bertz CT molecular complexity index is 640. The van der Waals surface area contributed by atoms with Crippen molar-refractivity contribution in [2.45, 2.75) is 57.0 Å². The Balaban J connectivity index is 1.92. The van der Waals surface area contributed by atoms with Gasteiger partial charge in [-0.25, -0.2) is 18.4 Å². The first kappa shape index (κ1) is 15.8. The maximum absolute atomic E-state index is 13.1. The smallest absolute Gasteiger partial charge is 0.220 e. The van der Waals surface area contributed by atoms with Gasteiger partial charge in [0.15, 0.2) is 0 Å². The predicted octanol–water partition coefficient (Wildman–Crippen LogP) is 0.505. The molecule has 0 spiro atoms. The van der Waals surface area contributed by atoms with E-state index in [-0.39, 0.29) is 18.1 Å². The highest BCUT2D eigenvalue weighted by atomic mass is 32.2. The average molecular weight is 325 g/mol. The normalized spacial score (nSPS) is 33.4. The number of aryl methyl sites for hydroxylation is 1. The Labute approximate surface area is 131 Å². The summed E-state index contributed by atoms with van der Waals surface area (Å²) >= 11 is 0. The predicted molar refractivity (Wildman–Crippen MR) is 83.4 cm³/mol. The van der Waals surface area contributed by atoms with Crippen molar-refractivity contribution in [2.24, 2.45) is 0 Å². The van der Waals surface area contributed by atoms with Crippen LogP contribution in [-0.2, 0) is 10.0 Å². The largest absolute Gasteiger partial charge is 0.253 e. The number of nitrogens with one attached hydrogen (secondary N) is 2. The number of rotatable bonds is 3. The number of sulfonamides is 1. The van der Waals surface area contributed by atoms with Crippen LogP contribution in [0.4, 0.5) is 0 Å². The van der Waals surface area contributed by atoms with Crippen molar-refractivity contribution in [3.8, 4) is 0 Å². The number of aromatic nitrogens is 2. The summed E-state index contributed by atoms with van der Waals surface area (Å²) in [6, 6.07) is 1.41. The number of hydrazine groups is 1. The second kappa shape index (κ2) is 5.84. The molecule has 7 nitrogen and oxygen atoms in total. The summed E-state index contributed by atoms with van der Waals surface area (Å²) in [5.74, 6) is 0.674. The first-order valence-electron chi connectivity index (χ1n) is 7.72. The van der Waals surface area contributed by atoms with Gasteiger partial charge < -0.3 is 0 Å². The first-order chi connectivity index (χ1) is 10.4. The molecule has 3 atom stereocenters. The molecule has 1 aromatic heterocycles. The molecule has 0 amide bonds. The summed E-state index contributed by atoms with van der Waals surface area (Å²) < 4.78 is 27.9. The highest BCUT2D eigenvalue weighted by molar-refractivity contribution is 7.89. The zero-order valence-electron chi connectivity index (χ0n) is 13.2. The van der Waals surface area contributed by atoms with Gasteiger partial charge in [0.25, 0.3) is 0 Å². The van der Waals surface area contributed by atoms with E-state index in [9.17, 15) is 8.42 Å². The number of nitrogens with zero attached hydrogens (tertiary/aromatic N) is 3. The average Bonchev–Trinajstić information content (AvgIpc) is 3.06. The minimum Gasteiger partial charge on any atom is -0.253 e. The summed E-state index contributed by atoms with van der Waals surface area (Å²) in [5.41, 5.74) is 6.86. The molecule has 3 heterocycles. The standard InChI is InChI=1S/C14H23N5O2S/c1-9-14(10(2)18-17-9)22(20,21)19-8-4-5-13(19)12-6-7-15-11(3)16-12/h6-7,9-10,13-14,17-18H,4-5,8H2,1-3H3. The maximum Gasteiger partial charge on any atom is 0.220 e. The third-order valence-corrected chi connectivity index (χ3v) is 7.13. The van der Waals surface area contributed by atoms with Gasteiger partial charge in [-0.05, 0) is 39.7 Å². The fraction of sp³-hybridized carbons (Fsp3) is 0.714. The van der Waals surface area contributed by atoms with E-state index in [2.05, 4.69) is 20.8 Å². The molecule has 122 valence electrons. The Morgan fingerprint density at radius 3 is 2.59 bits per heavy atom. The van der Waals surface area contributed by atoms with Gasteiger partial charge in [0.1, 0.15) is 11.1 Å². The SMILES string of the molecule is Cc1nccc(C2CCCN2S(=O)(=O)C2C(C)NNC2C)n1. The molecule has 0 bridgehead atoms. The molecule has 3 rings (SSSR count). The van der Waals surface area contributed by atoms with Crippen molar-refractivity contribution in [1.82, 2.24) is 25.1 Å². The van der Waals surface area contributed by atoms with E-state index in [1.165, 1.54) is 0 Å². The van der Waals surface area contributed by atoms with E-state index >= 15 is 0 Å². The van der Waals surface area contributed by atoms with Crippen LogP contribution in [0, 0.1) is 6.92 Å². The zero-order chi connectivity index (χ0) is 15.9. The fourth-order valence-electron chi connectivity index (χ4n) is 3.53. The van der Waals surface area contributed by atoms with Crippen LogP contribution in [0.15, 0.2) is 12.3 Å². The van der Waals surface area contributed by atoms with Crippen LogP contribution in [-0.4, -0.2) is 46.6 Å². The minimum absolute atomic E-state index is 0.117. The van der Waals surface area contributed by atoms with Crippen molar-refractivity contribution in [2.75, 3.05) is 6.54 Å². The van der Waals surface area contributed by atoms with Gasteiger partial charge in [-0.3, -0.25) is 10.9 Å². The van der Waals surface area contributed by atoms with Crippen LogP contribution >= 0.6 is 0 Å². The van der Waals surface area contributed by atoms with Crippen molar-refractivity contribution in [1.29, 1.82) is 0 Å². The first-order valence-corrected chi connectivity index (χ1v) is 9.23. The number of hydrogen-bond donors (Lipinski definition) is 2. The van der Waals surface area contributed by atoms with Gasteiger partial charge in [0, 0.05) is 24.8 Å². The molecule has 8 heteroatoms. The summed E-state index contributed by atoms with van der Waals surface area (Å²) in [5, 5.41) is -0.462. The van der Waals surface area contributed by atoms with Crippen molar-refractivity contribution in [3.05, 3.63) is 23.8 Å². The number of hydrogen-bond acceptors (Lipinski definition) is 6. The van der Waals surface area contributed by atoms with E-state index < -0.39 is 15.3 Å². The molecule has 2 saturated heterocycles. The molecule has 0 saturated carbocycles. The van der Waals surface area contributed by atoms with Gasteiger partial charge in [0.05, 0.1) is 11.7 Å². The third kappa shape index (κ3) is 2.64. The fourth-order valence-corrected chi connectivity index (χ4v) is 5.97. The quantitative estimate of drug-likeness (QED) is 0.842. The highest BCUT2D eigenvalue weighted by Gasteiger charge is 2.47. The van der Waals surface area contributed by atoms with Crippen LogP contribution < -0.4 is 10.9 Å². The molecule has 0 aromatic carbocycles. The van der Waals surface area contributed by atoms with Crippen molar-refractivity contribution < 1.29 is 8.42 Å². The molecule has 2 N–H and O–H groups in total. The Hall–Kier alpha value is -1.09. The Morgan fingerprint density at radius 2 is 1.95 bits per heavy atom. The van der Waals surface area contributed by atoms with Crippen molar-refractivity contribution in [3.63, 3.8) is 0 Å². The van der Waals surface area contributed by atoms with Gasteiger partial charge >= 0.3 is 0 Å². The van der Waals surface area contributed by atoms with Gasteiger partial charge in [-0.15, -0.1) is 0 Å². The lowest BCUT2D eigenvalue weighted by Crippen LogP contribution is -2.46. The Kier molecular flexibility index (Phi) is 4.19. The van der Waals surface area contributed by atoms with E-state index in [1.807, 2.05) is 26.8 Å². The highest BCUT2D eigenvalue weighted by Crippen LogP contribution is 2.36. The van der Waals surface area contributed by atoms with E-state index in [0.717, 1.165) is 18.5 Å². The monoisotopic (exact) mass is 325 g/mol. The zero-order valence-corrected chi connectivity index (χ0v) is 14.0. The molecule has 1 aromatic rings. The van der Waals surface area contributed by atoms with E-state index in [1.54, 1.807) is 10.5 Å². The molecule has 0 aliphatic carbocycles. The second-order valence-corrected chi connectivity index (χ2v) is 8.22. The lowest BCUT2D eigenvalue weighted by molar-refractivity contribution is 0.378.